The van der Waals surface area contributed by atoms with Gasteiger partial charge in [0, 0.05) is 0 Å². The lowest BCUT2D eigenvalue weighted by Crippen LogP contribution is -2.31. The van der Waals surface area contributed by atoms with Gasteiger partial charge in [-0.15, -0.1) is 0 Å². The molecule has 1 aliphatic rings. The first-order valence-corrected chi connectivity index (χ1v) is 6.25. The summed E-state index contributed by atoms with van der Waals surface area (Å²) in [5, 5.41) is 0. The summed E-state index contributed by atoms with van der Waals surface area (Å²) in [5.41, 5.74) is 0.749. The lowest BCUT2D eigenvalue weighted by atomic mass is 9.72. The van der Waals surface area contributed by atoms with E-state index >= 15 is 0 Å². The molecular weight excluding hydrogens is 184 g/mol. The molecular formula is C14H28O. The highest BCUT2D eigenvalue weighted by molar-refractivity contribution is 4.90. The van der Waals surface area contributed by atoms with Crippen molar-refractivity contribution >= 4 is 0 Å². The molecule has 0 saturated carbocycles. The van der Waals surface area contributed by atoms with Crippen LogP contribution in [-0.4, -0.2) is 12.2 Å². The van der Waals surface area contributed by atoms with Crippen molar-refractivity contribution in [3.8, 4) is 0 Å². The zero-order chi connectivity index (χ0) is 11.9. The van der Waals surface area contributed by atoms with E-state index in [0.717, 1.165) is 0 Å². The molecule has 1 saturated heterocycles. The van der Waals surface area contributed by atoms with E-state index in [4.69, 9.17) is 4.74 Å². The minimum Gasteiger partial charge on any atom is -0.375 e. The van der Waals surface area contributed by atoms with E-state index in [9.17, 15) is 0 Å². The van der Waals surface area contributed by atoms with Crippen LogP contribution in [0.2, 0.25) is 0 Å². The summed E-state index contributed by atoms with van der Waals surface area (Å²) in [6.45, 7) is 16.1. The van der Waals surface area contributed by atoms with Gasteiger partial charge in [-0.2, -0.15) is 0 Å². The van der Waals surface area contributed by atoms with E-state index in [1.165, 1.54) is 12.8 Å². The maximum absolute atomic E-state index is 6.08. The Bertz CT molecular complexity index is 206. The monoisotopic (exact) mass is 212 g/mol. The molecule has 3 atom stereocenters. The molecule has 0 bridgehead atoms. The van der Waals surface area contributed by atoms with Crippen LogP contribution in [0.25, 0.3) is 0 Å². The Hall–Kier alpha value is -0.0400. The summed E-state index contributed by atoms with van der Waals surface area (Å²) in [4.78, 5) is 0. The SMILES string of the molecule is C[C@H]1C[C@@H](C(C)(C)C)[C@@H](CC(C)(C)C)O1. The van der Waals surface area contributed by atoms with E-state index in [1.807, 2.05) is 0 Å². The van der Waals surface area contributed by atoms with E-state index in [0.29, 0.717) is 29.0 Å². The summed E-state index contributed by atoms with van der Waals surface area (Å²) in [7, 11) is 0. The first-order valence-electron chi connectivity index (χ1n) is 6.25. The molecule has 0 unspecified atom stereocenters. The fraction of sp³-hybridized carbons (Fsp3) is 1.00. The summed E-state index contributed by atoms with van der Waals surface area (Å²) >= 11 is 0. The van der Waals surface area contributed by atoms with Gasteiger partial charge in [0.2, 0.25) is 0 Å². The van der Waals surface area contributed by atoms with Crippen molar-refractivity contribution in [3.05, 3.63) is 0 Å². The molecule has 0 aliphatic carbocycles. The molecule has 0 aromatic carbocycles. The molecule has 0 radical (unpaired) electrons. The topological polar surface area (TPSA) is 9.23 Å². The van der Waals surface area contributed by atoms with Gasteiger partial charge in [0.25, 0.3) is 0 Å². The molecule has 0 aromatic rings. The third-order valence-corrected chi connectivity index (χ3v) is 3.37. The van der Waals surface area contributed by atoms with Crippen molar-refractivity contribution in [1.82, 2.24) is 0 Å². The van der Waals surface area contributed by atoms with Crippen LogP contribution < -0.4 is 0 Å². The number of hydrogen-bond donors (Lipinski definition) is 0. The summed E-state index contributed by atoms with van der Waals surface area (Å²) in [5.74, 6) is 0.715. The Morgan fingerprint density at radius 1 is 1.07 bits per heavy atom. The first kappa shape index (κ1) is 13.0. The average molecular weight is 212 g/mol. The van der Waals surface area contributed by atoms with Crippen LogP contribution >= 0.6 is 0 Å². The smallest absolute Gasteiger partial charge is 0.0617 e. The van der Waals surface area contributed by atoms with Crippen molar-refractivity contribution in [3.63, 3.8) is 0 Å². The zero-order valence-corrected chi connectivity index (χ0v) is 11.6. The van der Waals surface area contributed by atoms with Gasteiger partial charge in [-0.25, -0.2) is 0 Å². The van der Waals surface area contributed by atoms with E-state index in [1.54, 1.807) is 0 Å². The lowest BCUT2D eigenvalue weighted by Gasteiger charge is -2.34. The largest absolute Gasteiger partial charge is 0.375 e. The highest BCUT2D eigenvalue weighted by Gasteiger charge is 2.41. The van der Waals surface area contributed by atoms with Crippen LogP contribution in [0.15, 0.2) is 0 Å². The van der Waals surface area contributed by atoms with Gasteiger partial charge in [0.1, 0.15) is 0 Å². The molecule has 1 heteroatoms. The number of rotatable bonds is 1. The summed E-state index contributed by atoms with van der Waals surface area (Å²) in [6.07, 6.45) is 3.31. The van der Waals surface area contributed by atoms with Crippen molar-refractivity contribution < 1.29 is 4.74 Å². The van der Waals surface area contributed by atoms with Crippen LogP contribution in [0, 0.1) is 16.7 Å². The van der Waals surface area contributed by atoms with Crippen molar-refractivity contribution in [2.24, 2.45) is 16.7 Å². The maximum Gasteiger partial charge on any atom is 0.0617 e. The van der Waals surface area contributed by atoms with Gasteiger partial charge in [-0.3, -0.25) is 0 Å². The normalized spacial score (nSPS) is 33.4. The molecule has 1 heterocycles. The lowest BCUT2D eigenvalue weighted by molar-refractivity contribution is 0.00113. The van der Waals surface area contributed by atoms with E-state index < -0.39 is 0 Å². The van der Waals surface area contributed by atoms with Crippen molar-refractivity contribution in [2.75, 3.05) is 0 Å². The standard InChI is InChI=1S/C14H28O/c1-10-8-11(14(5,6)7)12(15-10)9-13(2,3)4/h10-12H,8-9H2,1-7H3/t10-,11+,12+/m0/s1. The van der Waals surface area contributed by atoms with Gasteiger partial charge in [0.05, 0.1) is 12.2 Å². The fourth-order valence-corrected chi connectivity index (χ4v) is 2.66. The third-order valence-electron chi connectivity index (χ3n) is 3.37. The molecule has 1 fully saturated rings. The van der Waals surface area contributed by atoms with E-state index in [2.05, 4.69) is 48.5 Å². The number of hydrogen-bond acceptors (Lipinski definition) is 1. The predicted octanol–water partition coefficient (Wildman–Crippen LogP) is 4.26. The van der Waals surface area contributed by atoms with Crippen molar-refractivity contribution in [1.29, 1.82) is 0 Å². The second-order valence-electron chi connectivity index (χ2n) is 7.46. The minimum absolute atomic E-state index is 0.373. The fourth-order valence-electron chi connectivity index (χ4n) is 2.66. The van der Waals surface area contributed by atoms with Gasteiger partial charge >= 0.3 is 0 Å². The minimum atomic E-state index is 0.373. The summed E-state index contributed by atoms with van der Waals surface area (Å²) < 4.78 is 6.08. The Morgan fingerprint density at radius 2 is 1.60 bits per heavy atom. The number of ether oxygens (including phenoxy) is 1. The van der Waals surface area contributed by atoms with Gasteiger partial charge < -0.3 is 4.74 Å². The molecule has 0 aromatic heterocycles. The molecule has 15 heavy (non-hydrogen) atoms. The van der Waals surface area contributed by atoms with E-state index in [-0.39, 0.29) is 0 Å². The highest BCUT2D eigenvalue weighted by Crippen LogP contribution is 2.43. The Labute approximate surface area is 95.6 Å². The second-order valence-corrected chi connectivity index (χ2v) is 7.46. The molecule has 0 N–H and O–H groups in total. The first-order chi connectivity index (χ1) is 6.59. The van der Waals surface area contributed by atoms with Gasteiger partial charge in [0.15, 0.2) is 0 Å². The van der Waals surface area contributed by atoms with Crippen LogP contribution in [0.1, 0.15) is 61.3 Å². The predicted molar refractivity (Wildman–Crippen MR) is 66.0 cm³/mol. The zero-order valence-electron chi connectivity index (χ0n) is 11.6. The average Bonchev–Trinajstić information content (AvgIpc) is 2.25. The third kappa shape index (κ3) is 3.79. The van der Waals surface area contributed by atoms with Gasteiger partial charge in [-0.1, -0.05) is 41.5 Å². The molecule has 0 spiro atoms. The van der Waals surface area contributed by atoms with Crippen LogP contribution in [0.5, 0.6) is 0 Å². The Morgan fingerprint density at radius 3 is 2.00 bits per heavy atom. The molecule has 1 aliphatic heterocycles. The van der Waals surface area contributed by atoms with Crippen LogP contribution in [-0.2, 0) is 4.74 Å². The van der Waals surface area contributed by atoms with Crippen LogP contribution in [0.3, 0.4) is 0 Å². The Kier molecular flexibility index (Phi) is 3.55. The second kappa shape index (κ2) is 4.08. The quantitative estimate of drug-likeness (QED) is 0.631. The molecule has 0 amide bonds. The summed E-state index contributed by atoms with van der Waals surface area (Å²) in [6, 6.07) is 0. The molecule has 90 valence electrons. The highest BCUT2D eigenvalue weighted by atomic mass is 16.5. The molecule has 1 rings (SSSR count). The van der Waals surface area contributed by atoms with Crippen LogP contribution in [0.4, 0.5) is 0 Å². The Balaban J connectivity index is 2.70. The van der Waals surface area contributed by atoms with Gasteiger partial charge in [-0.05, 0) is 36.5 Å². The van der Waals surface area contributed by atoms with Crippen molar-refractivity contribution in [2.45, 2.75) is 73.5 Å². The maximum atomic E-state index is 6.08. The molecule has 1 nitrogen and oxygen atoms in total.